The molecule has 0 spiro atoms. The monoisotopic (exact) mass is 666 g/mol. The molecule has 3 aliphatic heterocycles. The Balaban J connectivity index is 0.000000196. The number of aliphatic hydroxyl groups is 2. The van der Waals surface area contributed by atoms with Gasteiger partial charge in [0.15, 0.2) is 0 Å². The van der Waals surface area contributed by atoms with E-state index in [0.29, 0.717) is 5.46 Å². The summed E-state index contributed by atoms with van der Waals surface area (Å²) < 4.78 is 62.2. The van der Waals surface area contributed by atoms with Crippen LogP contribution in [0.15, 0.2) is 36.4 Å². The number of hydrogen-bond donors (Lipinski definition) is 2. The fraction of sp³-hybridized carbons (Fsp3) is 0.625. The van der Waals surface area contributed by atoms with E-state index in [1.165, 1.54) is 12.1 Å². The quantitative estimate of drug-likeness (QED) is 0.394. The summed E-state index contributed by atoms with van der Waals surface area (Å²) in [5.74, 6) is -0.995. The molecule has 8 nitrogen and oxygen atoms in total. The normalized spacial score (nSPS) is 23.0. The third-order valence-electron chi connectivity index (χ3n) is 9.75. The summed E-state index contributed by atoms with van der Waals surface area (Å²) in [5, 5.41) is 17.7. The molecule has 0 amide bonds. The molecule has 0 radical (unpaired) electrons. The van der Waals surface area contributed by atoms with Crippen molar-refractivity contribution in [2.45, 2.75) is 130 Å². The second-order valence-corrected chi connectivity index (χ2v) is 15.1. The first-order chi connectivity index (χ1) is 20.9. The van der Waals surface area contributed by atoms with Gasteiger partial charge in [0, 0.05) is 16.6 Å². The zero-order valence-electron chi connectivity index (χ0n) is 29.1. The van der Waals surface area contributed by atoms with Crippen molar-refractivity contribution in [1.29, 1.82) is 0 Å². The Morgan fingerprint density at radius 1 is 0.543 bits per heavy atom. The average Bonchev–Trinajstić information content (AvgIpc) is 3.40. The third kappa shape index (κ3) is 8.01. The SMILES string of the molecule is CC1(C)OB(B2OC(C)(C)C(C)(C)O2)OC1(C)C.CC1(C)OB(c2cccc(CO)c2F)OC1(C)C.OCc1cccc(Cl)c1F. The van der Waals surface area contributed by atoms with Gasteiger partial charge in [-0.05, 0) is 89.2 Å². The molecule has 0 unspecified atom stereocenters. The van der Waals surface area contributed by atoms with Gasteiger partial charge >= 0.3 is 21.1 Å². The van der Waals surface area contributed by atoms with E-state index in [1.807, 2.05) is 83.1 Å². The van der Waals surface area contributed by atoms with Gasteiger partial charge in [0.25, 0.3) is 0 Å². The lowest BCUT2D eigenvalue weighted by atomic mass is 9.49. The van der Waals surface area contributed by atoms with E-state index < -0.39 is 44.0 Å². The second kappa shape index (κ2) is 13.8. The van der Waals surface area contributed by atoms with E-state index >= 15 is 0 Å². The van der Waals surface area contributed by atoms with Crippen LogP contribution in [0.5, 0.6) is 0 Å². The third-order valence-corrected chi connectivity index (χ3v) is 10.0. The van der Waals surface area contributed by atoms with Gasteiger partial charge in [-0.15, -0.1) is 0 Å². The first kappa shape index (κ1) is 38.9. The predicted molar refractivity (Wildman–Crippen MR) is 178 cm³/mol. The van der Waals surface area contributed by atoms with E-state index in [-0.39, 0.29) is 51.8 Å². The summed E-state index contributed by atoms with van der Waals surface area (Å²) in [6.07, 6.45) is 0. The minimum absolute atomic E-state index is 0.0477. The Hall–Kier alpha value is -1.54. The Labute approximate surface area is 278 Å². The average molecular weight is 667 g/mol. The first-order valence-electron chi connectivity index (χ1n) is 15.4. The van der Waals surface area contributed by atoms with Crippen LogP contribution in [0.1, 0.15) is 94.2 Å². The molecule has 0 bridgehead atoms. The van der Waals surface area contributed by atoms with Gasteiger partial charge < -0.3 is 38.1 Å². The highest BCUT2D eigenvalue weighted by Crippen LogP contribution is 2.43. The van der Waals surface area contributed by atoms with Gasteiger partial charge in [-0.2, -0.15) is 0 Å². The first-order valence-corrected chi connectivity index (χ1v) is 15.8. The molecule has 2 N–H and O–H groups in total. The van der Waals surface area contributed by atoms with Crippen LogP contribution >= 0.6 is 11.6 Å². The van der Waals surface area contributed by atoms with Gasteiger partial charge in [0.1, 0.15) is 11.6 Å². The van der Waals surface area contributed by atoms with E-state index in [2.05, 4.69) is 0 Å². The molecule has 0 aliphatic carbocycles. The van der Waals surface area contributed by atoms with E-state index in [4.69, 9.17) is 49.7 Å². The molecule has 0 aromatic heterocycles. The fourth-order valence-corrected chi connectivity index (χ4v) is 4.74. The topological polar surface area (TPSA) is 95.8 Å². The zero-order chi connectivity index (χ0) is 35.1. The fourth-order valence-electron chi connectivity index (χ4n) is 4.54. The van der Waals surface area contributed by atoms with Crippen LogP contribution in [0.25, 0.3) is 0 Å². The van der Waals surface area contributed by atoms with Crippen LogP contribution in [0.3, 0.4) is 0 Å². The largest absolute Gasteiger partial charge is 0.497 e. The lowest BCUT2D eigenvalue weighted by Gasteiger charge is -2.32. The van der Waals surface area contributed by atoms with Gasteiger partial charge in [0.05, 0.1) is 51.8 Å². The van der Waals surface area contributed by atoms with E-state index in [0.717, 1.165) is 0 Å². The molecule has 3 saturated heterocycles. The van der Waals surface area contributed by atoms with Crippen molar-refractivity contribution < 1.29 is 46.9 Å². The highest BCUT2D eigenvalue weighted by atomic mass is 35.5. The van der Waals surface area contributed by atoms with Crippen LogP contribution in [-0.2, 0) is 41.1 Å². The van der Waals surface area contributed by atoms with Crippen molar-refractivity contribution in [3.63, 3.8) is 0 Å². The van der Waals surface area contributed by atoms with E-state index in [9.17, 15) is 8.78 Å². The van der Waals surface area contributed by atoms with E-state index in [1.54, 1.807) is 24.3 Å². The van der Waals surface area contributed by atoms with Gasteiger partial charge in [-0.1, -0.05) is 41.9 Å². The molecule has 0 saturated carbocycles. The molecular formula is C32H48B3ClF2O8. The lowest BCUT2D eigenvalue weighted by molar-refractivity contribution is 0.00578. The number of aliphatic hydroxyl groups excluding tert-OH is 2. The van der Waals surface area contributed by atoms with Gasteiger partial charge in [0.2, 0.25) is 0 Å². The van der Waals surface area contributed by atoms with Gasteiger partial charge in [-0.25, -0.2) is 8.78 Å². The Kier molecular flexibility index (Phi) is 11.6. The zero-order valence-corrected chi connectivity index (χ0v) is 29.8. The molecule has 2 aromatic carbocycles. The Bertz CT molecular complexity index is 1290. The smallest absolute Gasteiger partial charge is 0.405 e. The molecule has 3 aliphatic rings. The maximum absolute atomic E-state index is 14.1. The summed E-state index contributed by atoms with van der Waals surface area (Å²) >= 11 is 5.41. The molecule has 3 fully saturated rings. The number of rotatable bonds is 4. The van der Waals surface area contributed by atoms with Crippen molar-refractivity contribution in [1.82, 2.24) is 0 Å². The van der Waals surface area contributed by atoms with Crippen LogP contribution in [0.4, 0.5) is 8.78 Å². The summed E-state index contributed by atoms with van der Waals surface area (Å²) in [5.41, 5.74) is -1.63. The molecule has 2 aromatic rings. The van der Waals surface area contributed by atoms with Crippen LogP contribution < -0.4 is 5.46 Å². The Morgan fingerprint density at radius 3 is 1.22 bits per heavy atom. The van der Waals surface area contributed by atoms with Crippen LogP contribution in [-0.4, -0.2) is 65.0 Å². The van der Waals surface area contributed by atoms with Crippen molar-refractivity contribution in [2.75, 3.05) is 0 Å². The van der Waals surface area contributed by atoms with Crippen molar-refractivity contribution in [3.8, 4) is 0 Å². The molecule has 5 rings (SSSR count). The highest BCUT2D eigenvalue weighted by molar-refractivity contribution is 7.11. The van der Waals surface area contributed by atoms with Crippen molar-refractivity contribution in [2.24, 2.45) is 0 Å². The van der Waals surface area contributed by atoms with Crippen molar-refractivity contribution >= 4 is 38.2 Å². The minimum atomic E-state index is -0.735. The molecule has 3 heterocycles. The maximum atomic E-state index is 14.1. The molecular weight excluding hydrogens is 618 g/mol. The summed E-state index contributed by atoms with van der Waals surface area (Å²) in [7, 11) is -1.69. The summed E-state index contributed by atoms with van der Waals surface area (Å²) in [6.45, 7) is 23.2. The van der Waals surface area contributed by atoms with Crippen LogP contribution in [0, 0.1) is 11.6 Å². The van der Waals surface area contributed by atoms with Crippen LogP contribution in [0.2, 0.25) is 5.02 Å². The second-order valence-electron chi connectivity index (χ2n) is 14.7. The van der Waals surface area contributed by atoms with Gasteiger partial charge in [-0.3, -0.25) is 0 Å². The maximum Gasteiger partial charge on any atom is 0.497 e. The molecule has 254 valence electrons. The number of halogens is 3. The lowest BCUT2D eigenvalue weighted by Crippen LogP contribution is -2.41. The molecule has 14 heteroatoms. The summed E-state index contributed by atoms with van der Waals surface area (Å²) in [4.78, 5) is 0. The predicted octanol–water partition coefficient (Wildman–Crippen LogP) is 5.84. The molecule has 46 heavy (non-hydrogen) atoms. The summed E-state index contributed by atoms with van der Waals surface area (Å²) in [6, 6.07) is 9.38. The minimum Gasteiger partial charge on any atom is -0.405 e. The Morgan fingerprint density at radius 2 is 0.870 bits per heavy atom. The molecule has 0 atom stereocenters. The number of hydrogen-bond acceptors (Lipinski definition) is 8. The van der Waals surface area contributed by atoms with Crippen molar-refractivity contribution in [3.05, 3.63) is 64.2 Å². The standard InChI is InChI=1S/C13H18BFO3.C12H24B2O4.C7H6ClFO/c1-12(2)13(3,4)18-14(17-12)10-7-5-6-9(8-16)11(10)15;1-9(2)10(3,4)16-13(15-9)14-17-11(5,6)12(7,8)18-14;8-6-3-1-2-5(4-10)7(6)9/h5-7,16H,8H2,1-4H3;1-8H3;1-3,10H,4H2. The number of benzene rings is 2. The highest BCUT2D eigenvalue weighted by Gasteiger charge is 2.63.